The smallest absolute Gasteiger partial charge is 0.162 e. The first kappa shape index (κ1) is 7.92. The number of hydrogen-bond acceptors (Lipinski definition) is 4. The average Bonchev–Trinajstić information content (AvgIpc) is 2.85. The summed E-state index contributed by atoms with van der Waals surface area (Å²) in [6, 6.07) is 1.91. The van der Waals surface area contributed by atoms with E-state index in [2.05, 4.69) is 24.5 Å². The van der Waals surface area contributed by atoms with Crippen molar-refractivity contribution < 1.29 is 0 Å². The molecule has 2 aromatic rings. The van der Waals surface area contributed by atoms with Crippen molar-refractivity contribution in [2.75, 3.05) is 0 Å². The molecule has 0 aromatic carbocycles. The molecule has 4 heterocycles. The van der Waals surface area contributed by atoms with E-state index in [4.69, 9.17) is 0 Å². The Morgan fingerprint density at radius 3 is 3.31 bits per heavy atom. The lowest BCUT2D eigenvalue weighted by atomic mass is 10.2. The molecule has 0 radical (unpaired) electrons. The predicted octanol–water partition coefficient (Wildman–Crippen LogP) is 0.0322. The van der Waals surface area contributed by atoms with Gasteiger partial charge in [0, 0.05) is 24.2 Å². The third kappa shape index (κ3) is 0.850. The molecule has 76 valence electrons. The molecule has 4 rings (SSSR count). The van der Waals surface area contributed by atoms with Crippen molar-refractivity contribution in [3.63, 3.8) is 0 Å². The van der Waals surface area contributed by atoms with Crippen molar-refractivity contribution in [3.05, 3.63) is 29.4 Å². The van der Waals surface area contributed by atoms with Crippen LogP contribution < -0.4 is 11.0 Å². The maximum atomic E-state index is 4.57. The van der Waals surface area contributed by atoms with E-state index in [1.807, 2.05) is 18.5 Å². The fraction of sp³-hybridized carbons (Fsp3) is 0.0909. The van der Waals surface area contributed by atoms with Gasteiger partial charge in [0.1, 0.15) is 5.69 Å². The predicted molar refractivity (Wildman–Crippen MR) is 58.9 cm³/mol. The third-order valence-electron chi connectivity index (χ3n) is 2.81. The maximum absolute atomic E-state index is 4.57. The van der Waals surface area contributed by atoms with Crippen LogP contribution in [0.1, 0.15) is 0 Å². The molecule has 0 unspecified atom stereocenters. The molecular formula is C11H7N5. The number of rotatable bonds is 0. The van der Waals surface area contributed by atoms with Gasteiger partial charge in [-0.1, -0.05) is 0 Å². The number of imidazole rings is 1. The van der Waals surface area contributed by atoms with E-state index in [1.165, 1.54) is 0 Å². The molecule has 5 heteroatoms. The molecule has 2 aliphatic rings. The van der Waals surface area contributed by atoms with Crippen molar-refractivity contribution in [3.8, 4) is 11.3 Å². The van der Waals surface area contributed by atoms with Crippen LogP contribution in [0.3, 0.4) is 0 Å². The first-order valence-corrected chi connectivity index (χ1v) is 5.05. The van der Waals surface area contributed by atoms with E-state index in [1.54, 1.807) is 12.4 Å². The molecule has 0 atom stereocenters. The summed E-state index contributed by atoms with van der Waals surface area (Å²) in [5.74, 6) is 0. The van der Waals surface area contributed by atoms with E-state index >= 15 is 0 Å². The van der Waals surface area contributed by atoms with E-state index < -0.39 is 0 Å². The summed E-state index contributed by atoms with van der Waals surface area (Å²) in [5.41, 5.74) is 4.66. The zero-order valence-electron chi connectivity index (χ0n) is 8.33. The highest BCUT2D eigenvalue weighted by Crippen LogP contribution is 2.29. The fourth-order valence-corrected chi connectivity index (χ4v) is 2.06. The first-order chi connectivity index (χ1) is 7.93. The average molecular weight is 209 g/mol. The Morgan fingerprint density at radius 1 is 1.31 bits per heavy atom. The van der Waals surface area contributed by atoms with Crippen LogP contribution in [0.15, 0.2) is 28.4 Å². The van der Waals surface area contributed by atoms with Crippen LogP contribution >= 0.6 is 0 Å². The molecule has 2 aliphatic heterocycles. The summed E-state index contributed by atoms with van der Waals surface area (Å²) in [6.07, 6.45) is 7.17. The molecule has 0 bridgehead atoms. The second-order valence-corrected chi connectivity index (χ2v) is 3.72. The van der Waals surface area contributed by atoms with E-state index in [-0.39, 0.29) is 0 Å². The number of aliphatic imine (C=N–C) groups is 1. The first-order valence-electron chi connectivity index (χ1n) is 5.05. The summed E-state index contributed by atoms with van der Waals surface area (Å²) in [4.78, 5) is 17.3. The van der Waals surface area contributed by atoms with Crippen molar-refractivity contribution in [1.82, 2.24) is 14.5 Å². The highest BCUT2D eigenvalue weighted by Gasteiger charge is 2.20. The van der Waals surface area contributed by atoms with Gasteiger partial charge in [0.25, 0.3) is 0 Å². The summed E-state index contributed by atoms with van der Waals surface area (Å²) >= 11 is 0. The Bertz CT molecular complexity index is 738. The largest absolute Gasteiger partial charge is 0.302 e. The SMILES string of the molecule is C1=NC=c2nc3c(n2C1)=Nc1ccncc1-3. The Morgan fingerprint density at radius 2 is 2.31 bits per heavy atom. The minimum Gasteiger partial charge on any atom is -0.302 e. The number of fused-ring (bicyclic) bond motifs is 5. The van der Waals surface area contributed by atoms with E-state index in [9.17, 15) is 0 Å². The van der Waals surface area contributed by atoms with Crippen LogP contribution in [0.25, 0.3) is 17.5 Å². The molecule has 2 aromatic heterocycles. The Hall–Kier alpha value is -2.30. The lowest BCUT2D eigenvalue weighted by Gasteiger charge is -1.99. The second kappa shape index (κ2) is 2.63. The van der Waals surface area contributed by atoms with Gasteiger partial charge in [-0.25, -0.2) is 9.98 Å². The van der Waals surface area contributed by atoms with Crippen LogP contribution in [0, 0.1) is 0 Å². The van der Waals surface area contributed by atoms with Crippen LogP contribution in [0.2, 0.25) is 0 Å². The maximum Gasteiger partial charge on any atom is 0.162 e. The van der Waals surface area contributed by atoms with Gasteiger partial charge in [0.05, 0.1) is 18.4 Å². The topological polar surface area (TPSA) is 55.4 Å². The van der Waals surface area contributed by atoms with Crippen LogP contribution in [0.4, 0.5) is 5.69 Å². The fourth-order valence-electron chi connectivity index (χ4n) is 2.06. The molecule has 0 saturated carbocycles. The molecule has 0 spiro atoms. The standard InChI is InChI=1S/C11H7N5/c1-2-12-5-7-8(1)14-11-10(7)15-9-6-13-3-4-16(9)11/h1-3,5-6H,4H2. The van der Waals surface area contributed by atoms with Gasteiger partial charge in [0.2, 0.25) is 0 Å². The molecule has 0 N–H and O–H groups in total. The van der Waals surface area contributed by atoms with Gasteiger partial charge in [0.15, 0.2) is 11.0 Å². The molecule has 5 nitrogen and oxygen atoms in total. The van der Waals surface area contributed by atoms with Gasteiger partial charge in [-0.05, 0) is 6.07 Å². The summed E-state index contributed by atoms with van der Waals surface area (Å²) in [5, 5.41) is 0. The zero-order chi connectivity index (χ0) is 10.5. The number of hydrogen-bond donors (Lipinski definition) is 0. The zero-order valence-corrected chi connectivity index (χ0v) is 8.33. The minimum absolute atomic E-state index is 0.735. The number of nitrogens with zero attached hydrogens (tertiary/aromatic N) is 5. The molecule has 0 amide bonds. The van der Waals surface area contributed by atoms with Gasteiger partial charge < -0.3 is 4.57 Å². The Kier molecular flexibility index (Phi) is 1.30. The summed E-state index contributed by atoms with van der Waals surface area (Å²) in [7, 11) is 0. The van der Waals surface area contributed by atoms with Crippen molar-refractivity contribution in [1.29, 1.82) is 0 Å². The molecule has 16 heavy (non-hydrogen) atoms. The van der Waals surface area contributed by atoms with Crippen molar-refractivity contribution in [2.24, 2.45) is 9.98 Å². The van der Waals surface area contributed by atoms with Crippen molar-refractivity contribution in [2.45, 2.75) is 6.54 Å². The van der Waals surface area contributed by atoms with Crippen LogP contribution in [-0.4, -0.2) is 20.7 Å². The Balaban J connectivity index is 2.14. The molecular weight excluding hydrogens is 202 g/mol. The van der Waals surface area contributed by atoms with Gasteiger partial charge in [-0.15, -0.1) is 0 Å². The number of aromatic nitrogens is 3. The summed E-state index contributed by atoms with van der Waals surface area (Å²) < 4.78 is 2.06. The lowest BCUT2D eigenvalue weighted by Crippen LogP contribution is -2.29. The highest BCUT2D eigenvalue weighted by atomic mass is 15.1. The van der Waals surface area contributed by atoms with Crippen LogP contribution in [0.5, 0.6) is 0 Å². The lowest BCUT2D eigenvalue weighted by molar-refractivity contribution is 0.772. The molecule has 0 saturated heterocycles. The quantitative estimate of drug-likeness (QED) is 0.524. The minimum atomic E-state index is 0.735. The monoisotopic (exact) mass is 209 g/mol. The normalized spacial score (nSPS) is 14.8. The summed E-state index contributed by atoms with van der Waals surface area (Å²) in [6.45, 7) is 0.735. The second-order valence-electron chi connectivity index (χ2n) is 3.72. The van der Waals surface area contributed by atoms with Gasteiger partial charge >= 0.3 is 0 Å². The van der Waals surface area contributed by atoms with Gasteiger partial charge in [-0.3, -0.25) is 9.98 Å². The van der Waals surface area contributed by atoms with Crippen molar-refractivity contribution >= 4 is 18.1 Å². The molecule has 0 fully saturated rings. The van der Waals surface area contributed by atoms with E-state index in [0.717, 1.165) is 34.5 Å². The van der Waals surface area contributed by atoms with Gasteiger partial charge in [-0.2, -0.15) is 0 Å². The number of pyridine rings is 1. The van der Waals surface area contributed by atoms with Crippen LogP contribution in [-0.2, 0) is 6.54 Å². The van der Waals surface area contributed by atoms with E-state index in [0.29, 0.717) is 0 Å². The molecule has 0 aliphatic carbocycles. The third-order valence-corrected chi connectivity index (χ3v) is 2.81. The highest BCUT2D eigenvalue weighted by molar-refractivity contribution is 5.75. The Labute approximate surface area is 90.5 Å².